The molecular weight excluding hydrogens is 345 g/mol. The van der Waals surface area contributed by atoms with Crippen LogP contribution >= 0.6 is 0 Å². The van der Waals surface area contributed by atoms with Crippen molar-refractivity contribution in [2.45, 2.75) is 19.1 Å². The Labute approximate surface area is 158 Å². The Kier molecular flexibility index (Phi) is 5.16. The van der Waals surface area contributed by atoms with Crippen LogP contribution in [-0.2, 0) is 16.2 Å². The highest BCUT2D eigenvalue weighted by Gasteiger charge is 2.34. The highest BCUT2D eigenvalue weighted by molar-refractivity contribution is 6.04. The molecule has 0 N–H and O–H groups in total. The molecule has 2 aliphatic rings. The highest BCUT2D eigenvalue weighted by Crippen LogP contribution is 2.21. The van der Waals surface area contributed by atoms with Gasteiger partial charge in [-0.05, 0) is 11.6 Å². The van der Waals surface area contributed by atoms with Crippen molar-refractivity contribution in [3.05, 3.63) is 71.5 Å². The summed E-state index contributed by atoms with van der Waals surface area (Å²) in [5.41, 5.74) is 2.17. The summed E-state index contributed by atoms with van der Waals surface area (Å²) in [4.78, 5) is 22.2. The number of oxime groups is 1. The molecule has 1 amide bonds. The van der Waals surface area contributed by atoms with Crippen LogP contribution in [-0.4, -0.2) is 53.7 Å². The van der Waals surface area contributed by atoms with Crippen molar-refractivity contribution in [2.24, 2.45) is 5.16 Å². The van der Waals surface area contributed by atoms with Crippen molar-refractivity contribution in [1.82, 2.24) is 9.80 Å². The van der Waals surface area contributed by atoms with E-state index in [4.69, 9.17) is 4.84 Å². The highest BCUT2D eigenvalue weighted by atomic mass is 19.1. The number of benzene rings is 2. The van der Waals surface area contributed by atoms with Crippen molar-refractivity contribution in [2.75, 3.05) is 26.2 Å². The molecule has 1 saturated heterocycles. The maximum Gasteiger partial charge on any atom is 0.266 e. The minimum atomic E-state index is -0.653. The number of piperazine rings is 1. The Morgan fingerprint density at radius 1 is 1.04 bits per heavy atom. The molecule has 1 atom stereocenters. The minimum Gasteiger partial charge on any atom is -0.382 e. The molecule has 0 aliphatic carbocycles. The van der Waals surface area contributed by atoms with Crippen LogP contribution in [0.1, 0.15) is 17.5 Å². The fourth-order valence-corrected chi connectivity index (χ4v) is 3.54. The van der Waals surface area contributed by atoms with Gasteiger partial charge in [-0.3, -0.25) is 9.69 Å². The Hall–Kier alpha value is -2.73. The Bertz CT molecular complexity index is 832. The van der Waals surface area contributed by atoms with E-state index >= 15 is 0 Å². The predicted octanol–water partition coefficient (Wildman–Crippen LogP) is 2.66. The van der Waals surface area contributed by atoms with Crippen LogP contribution in [0.2, 0.25) is 0 Å². The first-order chi connectivity index (χ1) is 13.2. The lowest BCUT2D eigenvalue weighted by atomic mass is 10.0. The number of rotatable bonds is 4. The SMILES string of the molecule is O=C([C@H]1CC(c2ccccc2F)=NO1)N1CCN(Cc2ccccc2)CC1. The average molecular weight is 367 g/mol. The second kappa shape index (κ2) is 7.88. The quantitative estimate of drug-likeness (QED) is 0.835. The van der Waals surface area contributed by atoms with Gasteiger partial charge in [0.15, 0.2) is 0 Å². The van der Waals surface area contributed by atoms with E-state index in [2.05, 4.69) is 22.2 Å². The second-order valence-corrected chi connectivity index (χ2v) is 6.90. The van der Waals surface area contributed by atoms with E-state index in [1.54, 1.807) is 18.2 Å². The molecule has 0 aromatic heterocycles. The lowest BCUT2D eigenvalue weighted by Crippen LogP contribution is -2.51. The molecule has 2 aliphatic heterocycles. The maximum absolute atomic E-state index is 13.9. The van der Waals surface area contributed by atoms with Crippen molar-refractivity contribution < 1.29 is 14.0 Å². The zero-order chi connectivity index (χ0) is 18.6. The summed E-state index contributed by atoms with van der Waals surface area (Å²) in [6, 6.07) is 16.8. The normalized spacial score (nSPS) is 20.3. The third-order valence-electron chi connectivity index (χ3n) is 5.06. The summed E-state index contributed by atoms with van der Waals surface area (Å²) >= 11 is 0. The van der Waals surface area contributed by atoms with Crippen molar-refractivity contribution in [1.29, 1.82) is 0 Å². The van der Waals surface area contributed by atoms with Crippen LogP contribution in [0.4, 0.5) is 4.39 Å². The summed E-state index contributed by atoms with van der Waals surface area (Å²) in [5, 5.41) is 3.95. The summed E-state index contributed by atoms with van der Waals surface area (Å²) in [6.07, 6.45) is -0.343. The Balaban J connectivity index is 1.30. The van der Waals surface area contributed by atoms with Gasteiger partial charge in [-0.15, -0.1) is 0 Å². The molecule has 0 bridgehead atoms. The molecule has 0 radical (unpaired) electrons. The average Bonchev–Trinajstić information content (AvgIpc) is 3.19. The minimum absolute atomic E-state index is 0.0653. The van der Waals surface area contributed by atoms with Gasteiger partial charge in [0, 0.05) is 44.7 Å². The van der Waals surface area contributed by atoms with Crippen molar-refractivity contribution >= 4 is 11.6 Å². The molecule has 0 unspecified atom stereocenters. The summed E-state index contributed by atoms with van der Waals surface area (Å²) in [5.74, 6) is -0.410. The van der Waals surface area contributed by atoms with Crippen LogP contribution in [0.15, 0.2) is 59.8 Å². The molecular formula is C21H22FN3O2. The zero-order valence-electron chi connectivity index (χ0n) is 15.1. The van der Waals surface area contributed by atoms with Gasteiger partial charge in [0.05, 0.1) is 5.71 Å². The number of hydrogen-bond donors (Lipinski definition) is 0. The molecule has 27 heavy (non-hydrogen) atoms. The molecule has 2 aromatic rings. The third-order valence-corrected chi connectivity index (χ3v) is 5.06. The lowest BCUT2D eigenvalue weighted by molar-refractivity contribution is -0.143. The van der Waals surface area contributed by atoms with Gasteiger partial charge >= 0.3 is 0 Å². The van der Waals surface area contributed by atoms with Crippen LogP contribution in [0.25, 0.3) is 0 Å². The maximum atomic E-state index is 13.9. The van der Waals surface area contributed by atoms with E-state index in [9.17, 15) is 9.18 Å². The van der Waals surface area contributed by atoms with E-state index < -0.39 is 6.10 Å². The van der Waals surface area contributed by atoms with Gasteiger partial charge in [-0.1, -0.05) is 53.7 Å². The van der Waals surface area contributed by atoms with E-state index in [0.717, 1.165) is 19.6 Å². The Morgan fingerprint density at radius 3 is 2.48 bits per heavy atom. The molecule has 0 spiro atoms. The topological polar surface area (TPSA) is 45.1 Å². The van der Waals surface area contributed by atoms with Crippen LogP contribution in [0, 0.1) is 5.82 Å². The van der Waals surface area contributed by atoms with Gasteiger partial charge in [0.1, 0.15) is 5.82 Å². The molecule has 1 fully saturated rings. The van der Waals surface area contributed by atoms with Gasteiger partial charge < -0.3 is 9.74 Å². The van der Waals surface area contributed by atoms with Crippen LogP contribution in [0.3, 0.4) is 0 Å². The van der Waals surface area contributed by atoms with Gasteiger partial charge in [0.2, 0.25) is 6.10 Å². The summed E-state index contributed by atoms with van der Waals surface area (Å²) < 4.78 is 13.9. The second-order valence-electron chi connectivity index (χ2n) is 6.90. The number of nitrogens with zero attached hydrogens (tertiary/aromatic N) is 3. The van der Waals surface area contributed by atoms with E-state index in [1.165, 1.54) is 11.6 Å². The molecule has 5 nitrogen and oxygen atoms in total. The first-order valence-electron chi connectivity index (χ1n) is 9.23. The first kappa shape index (κ1) is 17.7. The summed E-state index contributed by atoms with van der Waals surface area (Å²) in [6.45, 7) is 3.88. The van der Waals surface area contributed by atoms with Crippen molar-refractivity contribution in [3.8, 4) is 0 Å². The number of carbonyl (C=O) groups excluding carboxylic acids is 1. The van der Waals surface area contributed by atoms with Gasteiger partial charge in [-0.25, -0.2) is 4.39 Å². The van der Waals surface area contributed by atoms with Gasteiger partial charge in [-0.2, -0.15) is 0 Å². The standard InChI is InChI=1S/C21H22FN3O2/c22-18-9-5-4-8-17(18)19-14-20(27-23-19)21(26)25-12-10-24(11-13-25)15-16-6-2-1-3-7-16/h1-9,20H,10-15H2/t20-/m1/s1. The van der Waals surface area contributed by atoms with E-state index in [0.29, 0.717) is 30.8 Å². The number of carbonyl (C=O) groups is 1. The summed E-state index contributed by atoms with van der Waals surface area (Å²) in [7, 11) is 0. The predicted molar refractivity (Wildman–Crippen MR) is 101 cm³/mol. The van der Waals surface area contributed by atoms with Crippen LogP contribution in [0.5, 0.6) is 0 Å². The molecule has 4 rings (SSSR count). The molecule has 0 saturated carbocycles. The lowest BCUT2D eigenvalue weighted by Gasteiger charge is -2.35. The van der Waals surface area contributed by atoms with E-state index in [-0.39, 0.29) is 11.7 Å². The first-order valence-corrected chi connectivity index (χ1v) is 9.23. The smallest absolute Gasteiger partial charge is 0.266 e. The fourth-order valence-electron chi connectivity index (χ4n) is 3.54. The largest absolute Gasteiger partial charge is 0.382 e. The Morgan fingerprint density at radius 2 is 1.74 bits per heavy atom. The molecule has 2 heterocycles. The molecule has 6 heteroatoms. The third kappa shape index (κ3) is 4.01. The van der Waals surface area contributed by atoms with Crippen molar-refractivity contribution in [3.63, 3.8) is 0 Å². The zero-order valence-corrected chi connectivity index (χ0v) is 15.1. The number of halogens is 1. The van der Waals surface area contributed by atoms with Crippen LogP contribution < -0.4 is 0 Å². The number of hydrogen-bond acceptors (Lipinski definition) is 4. The monoisotopic (exact) mass is 367 g/mol. The number of amides is 1. The fraction of sp³-hybridized carbons (Fsp3) is 0.333. The molecule has 2 aromatic carbocycles. The van der Waals surface area contributed by atoms with Gasteiger partial charge in [0.25, 0.3) is 5.91 Å². The molecule has 140 valence electrons. The van der Waals surface area contributed by atoms with E-state index in [1.807, 2.05) is 23.1 Å².